The Hall–Kier alpha value is -3.20. The number of nitrogens with zero attached hydrogens (tertiary/aromatic N) is 2. The molecule has 3 rings (SSSR count). The van der Waals surface area contributed by atoms with E-state index in [2.05, 4.69) is 5.32 Å². The van der Waals surface area contributed by atoms with Gasteiger partial charge in [0.1, 0.15) is 11.9 Å². The first-order valence-corrected chi connectivity index (χ1v) is 7.44. The number of carbonyl (C=O) groups is 2. The molecule has 1 atom stereocenters. The molecule has 120 valence electrons. The SMILES string of the molecule is N#Cc1ccccc1NC(=O)C1CC(=O)N(c2ccc(F)cc2)C1. The molecule has 1 heterocycles. The van der Waals surface area contributed by atoms with Crippen LogP contribution in [0.2, 0.25) is 0 Å². The van der Waals surface area contributed by atoms with Crippen LogP contribution in [-0.4, -0.2) is 18.4 Å². The molecule has 0 aliphatic carbocycles. The number of para-hydroxylation sites is 1. The highest BCUT2D eigenvalue weighted by Gasteiger charge is 2.35. The first-order chi connectivity index (χ1) is 11.6. The van der Waals surface area contributed by atoms with Gasteiger partial charge in [-0.05, 0) is 36.4 Å². The van der Waals surface area contributed by atoms with Gasteiger partial charge in [0, 0.05) is 18.7 Å². The number of hydrogen-bond acceptors (Lipinski definition) is 3. The van der Waals surface area contributed by atoms with Crippen LogP contribution in [0.3, 0.4) is 0 Å². The van der Waals surface area contributed by atoms with Crippen molar-refractivity contribution in [3.05, 3.63) is 59.9 Å². The molecular weight excluding hydrogens is 309 g/mol. The van der Waals surface area contributed by atoms with Crippen molar-refractivity contribution in [2.24, 2.45) is 5.92 Å². The van der Waals surface area contributed by atoms with Crippen LogP contribution in [0.25, 0.3) is 0 Å². The maximum Gasteiger partial charge on any atom is 0.229 e. The van der Waals surface area contributed by atoms with E-state index in [1.807, 2.05) is 6.07 Å². The van der Waals surface area contributed by atoms with Crippen LogP contribution in [0.5, 0.6) is 0 Å². The third-order valence-corrected chi connectivity index (χ3v) is 3.94. The Bertz CT molecular complexity index is 827. The lowest BCUT2D eigenvalue weighted by atomic mass is 10.1. The molecule has 1 N–H and O–H groups in total. The fourth-order valence-electron chi connectivity index (χ4n) is 2.68. The summed E-state index contributed by atoms with van der Waals surface area (Å²) < 4.78 is 13.0. The maximum absolute atomic E-state index is 13.0. The molecule has 24 heavy (non-hydrogen) atoms. The lowest BCUT2D eigenvalue weighted by Crippen LogP contribution is -2.28. The zero-order valence-corrected chi connectivity index (χ0v) is 12.7. The van der Waals surface area contributed by atoms with Crippen molar-refractivity contribution in [1.29, 1.82) is 5.26 Å². The second kappa shape index (κ2) is 6.50. The van der Waals surface area contributed by atoms with Crippen molar-refractivity contribution < 1.29 is 14.0 Å². The normalized spacial score (nSPS) is 16.8. The highest BCUT2D eigenvalue weighted by Crippen LogP contribution is 2.26. The van der Waals surface area contributed by atoms with Crippen molar-refractivity contribution >= 4 is 23.2 Å². The highest BCUT2D eigenvalue weighted by molar-refractivity contribution is 6.03. The number of amides is 2. The smallest absolute Gasteiger partial charge is 0.229 e. The molecule has 1 aliphatic rings. The van der Waals surface area contributed by atoms with Gasteiger partial charge in [-0.2, -0.15) is 5.26 Å². The fraction of sp³-hybridized carbons (Fsp3) is 0.167. The monoisotopic (exact) mass is 323 g/mol. The molecule has 1 unspecified atom stereocenters. The third kappa shape index (κ3) is 3.10. The number of carbonyl (C=O) groups excluding carboxylic acids is 2. The number of nitrogens with one attached hydrogen (secondary N) is 1. The van der Waals surface area contributed by atoms with Gasteiger partial charge >= 0.3 is 0 Å². The Morgan fingerprint density at radius 2 is 1.92 bits per heavy atom. The number of nitriles is 1. The predicted molar refractivity (Wildman–Crippen MR) is 86.6 cm³/mol. The van der Waals surface area contributed by atoms with Crippen LogP contribution in [0.4, 0.5) is 15.8 Å². The molecule has 2 aromatic rings. The molecule has 0 bridgehead atoms. The van der Waals surface area contributed by atoms with E-state index in [9.17, 15) is 14.0 Å². The zero-order chi connectivity index (χ0) is 17.1. The van der Waals surface area contributed by atoms with Crippen molar-refractivity contribution in [2.75, 3.05) is 16.8 Å². The molecule has 0 aromatic heterocycles. The average Bonchev–Trinajstić information content (AvgIpc) is 2.98. The van der Waals surface area contributed by atoms with Gasteiger partial charge in [0.15, 0.2) is 0 Å². The Balaban J connectivity index is 1.72. The first kappa shape index (κ1) is 15.7. The summed E-state index contributed by atoms with van der Waals surface area (Å²) in [5, 5.41) is 11.8. The van der Waals surface area contributed by atoms with Crippen LogP contribution in [-0.2, 0) is 9.59 Å². The lowest BCUT2D eigenvalue weighted by Gasteiger charge is -2.16. The van der Waals surface area contributed by atoms with Crippen LogP contribution in [0.15, 0.2) is 48.5 Å². The zero-order valence-electron chi connectivity index (χ0n) is 12.7. The lowest BCUT2D eigenvalue weighted by molar-refractivity contribution is -0.122. The Kier molecular flexibility index (Phi) is 4.25. The van der Waals surface area contributed by atoms with Gasteiger partial charge in [0.05, 0.1) is 17.2 Å². The number of hydrogen-bond donors (Lipinski definition) is 1. The van der Waals surface area contributed by atoms with E-state index in [1.165, 1.54) is 29.2 Å². The second-order valence-corrected chi connectivity index (χ2v) is 5.53. The molecule has 2 amide bonds. The summed E-state index contributed by atoms with van der Waals surface area (Å²) in [6.45, 7) is 0.227. The Morgan fingerprint density at radius 3 is 2.62 bits per heavy atom. The number of halogens is 1. The molecular formula is C18H14FN3O2. The Labute approximate surface area is 138 Å². The standard InChI is InChI=1S/C18H14FN3O2/c19-14-5-7-15(8-6-14)22-11-13(9-17(22)23)18(24)21-16-4-2-1-3-12(16)10-20/h1-8,13H,9,11H2,(H,21,24). The summed E-state index contributed by atoms with van der Waals surface area (Å²) in [6.07, 6.45) is 0.0813. The van der Waals surface area contributed by atoms with Crippen molar-refractivity contribution in [3.8, 4) is 6.07 Å². The minimum Gasteiger partial charge on any atom is -0.325 e. The molecule has 1 fully saturated rings. The molecule has 2 aromatic carbocycles. The molecule has 0 spiro atoms. The molecule has 1 aliphatic heterocycles. The number of rotatable bonds is 3. The van der Waals surface area contributed by atoms with E-state index >= 15 is 0 Å². The quantitative estimate of drug-likeness (QED) is 0.944. The largest absolute Gasteiger partial charge is 0.325 e. The predicted octanol–water partition coefficient (Wildman–Crippen LogP) is 2.69. The first-order valence-electron chi connectivity index (χ1n) is 7.44. The summed E-state index contributed by atoms with van der Waals surface area (Å²) >= 11 is 0. The van der Waals surface area contributed by atoms with Crippen molar-refractivity contribution in [1.82, 2.24) is 0 Å². The molecule has 0 saturated carbocycles. The van der Waals surface area contributed by atoms with E-state index < -0.39 is 5.92 Å². The van der Waals surface area contributed by atoms with Crippen LogP contribution < -0.4 is 10.2 Å². The van der Waals surface area contributed by atoms with Gasteiger partial charge < -0.3 is 10.2 Å². The van der Waals surface area contributed by atoms with Crippen LogP contribution in [0.1, 0.15) is 12.0 Å². The highest BCUT2D eigenvalue weighted by atomic mass is 19.1. The third-order valence-electron chi connectivity index (χ3n) is 3.94. The van der Waals surface area contributed by atoms with Crippen LogP contribution >= 0.6 is 0 Å². The summed E-state index contributed by atoms with van der Waals surface area (Å²) in [6, 6.07) is 14.3. The Morgan fingerprint density at radius 1 is 1.21 bits per heavy atom. The average molecular weight is 323 g/mol. The van der Waals surface area contributed by atoms with E-state index in [-0.39, 0.29) is 30.6 Å². The second-order valence-electron chi connectivity index (χ2n) is 5.53. The molecule has 5 nitrogen and oxygen atoms in total. The summed E-state index contributed by atoms with van der Waals surface area (Å²) in [4.78, 5) is 26.0. The fourth-order valence-corrected chi connectivity index (χ4v) is 2.68. The van der Waals surface area contributed by atoms with E-state index in [0.29, 0.717) is 16.9 Å². The number of anilines is 2. The van der Waals surface area contributed by atoms with Crippen molar-refractivity contribution in [3.63, 3.8) is 0 Å². The van der Waals surface area contributed by atoms with Crippen LogP contribution in [0, 0.1) is 23.1 Å². The summed E-state index contributed by atoms with van der Waals surface area (Å²) in [5.41, 5.74) is 1.36. The summed E-state index contributed by atoms with van der Waals surface area (Å²) in [7, 11) is 0. The van der Waals surface area contributed by atoms with E-state index in [4.69, 9.17) is 5.26 Å². The number of benzene rings is 2. The van der Waals surface area contributed by atoms with Gasteiger partial charge in [-0.25, -0.2) is 4.39 Å². The van der Waals surface area contributed by atoms with Gasteiger partial charge in [-0.15, -0.1) is 0 Å². The van der Waals surface area contributed by atoms with Gasteiger partial charge in [0.2, 0.25) is 11.8 Å². The van der Waals surface area contributed by atoms with E-state index in [1.54, 1.807) is 24.3 Å². The minimum absolute atomic E-state index is 0.0813. The van der Waals surface area contributed by atoms with Gasteiger partial charge in [0.25, 0.3) is 0 Å². The van der Waals surface area contributed by atoms with Gasteiger partial charge in [-0.3, -0.25) is 9.59 Å². The minimum atomic E-state index is -0.519. The molecule has 1 saturated heterocycles. The maximum atomic E-state index is 13.0. The van der Waals surface area contributed by atoms with Crippen molar-refractivity contribution in [2.45, 2.75) is 6.42 Å². The topological polar surface area (TPSA) is 73.2 Å². The van der Waals surface area contributed by atoms with Gasteiger partial charge in [-0.1, -0.05) is 12.1 Å². The summed E-state index contributed by atoms with van der Waals surface area (Å²) in [5.74, 6) is -1.40. The van der Waals surface area contributed by atoms with E-state index in [0.717, 1.165) is 0 Å². The molecule has 0 radical (unpaired) electrons. The molecule has 6 heteroatoms.